The Labute approximate surface area is 118 Å². The summed E-state index contributed by atoms with van der Waals surface area (Å²) in [6, 6.07) is 1.95. The van der Waals surface area contributed by atoms with Gasteiger partial charge in [-0.25, -0.2) is 15.0 Å². The van der Waals surface area contributed by atoms with Crippen molar-refractivity contribution in [1.82, 2.24) is 15.0 Å². The molecule has 0 amide bonds. The smallest absolute Gasteiger partial charge is 0.129 e. The van der Waals surface area contributed by atoms with Crippen LogP contribution in [0.15, 0.2) is 17.8 Å². The van der Waals surface area contributed by atoms with E-state index in [0.717, 1.165) is 30.2 Å². The zero-order valence-electron chi connectivity index (χ0n) is 11.9. The summed E-state index contributed by atoms with van der Waals surface area (Å²) < 4.78 is 0. The van der Waals surface area contributed by atoms with E-state index < -0.39 is 0 Å². The van der Waals surface area contributed by atoms with Gasteiger partial charge >= 0.3 is 0 Å². The molecule has 0 saturated heterocycles. The molecular weight excluding hydrogens is 256 g/mol. The Bertz CT molecular complexity index is 542. The number of aryl methyl sites for hydroxylation is 1. The summed E-state index contributed by atoms with van der Waals surface area (Å²) in [5, 5.41) is 6.64. The van der Waals surface area contributed by atoms with Crippen LogP contribution < -0.4 is 5.32 Å². The van der Waals surface area contributed by atoms with Crippen LogP contribution in [0.5, 0.6) is 0 Å². The summed E-state index contributed by atoms with van der Waals surface area (Å²) in [6.07, 6.45) is 2.49. The minimum atomic E-state index is 0.139. The average Bonchev–Trinajstić information content (AvgIpc) is 2.77. The number of hydrogen-bond donors (Lipinski definition) is 1. The molecule has 1 N–H and O–H groups in total. The molecule has 2 heterocycles. The lowest BCUT2D eigenvalue weighted by molar-refractivity contribution is 0.583. The lowest BCUT2D eigenvalue weighted by atomic mass is 9.98. The topological polar surface area (TPSA) is 50.7 Å². The molecule has 0 aliphatic rings. The van der Waals surface area contributed by atoms with Gasteiger partial charge in [0.2, 0.25) is 0 Å². The van der Waals surface area contributed by atoms with Gasteiger partial charge in [0.1, 0.15) is 12.1 Å². The van der Waals surface area contributed by atoms with E-state index in [9.17, 15) is 0 Å². The fourth-order valence-corrected chi connectivity index (χ4v) is 2.58. The van der Waals surface area contributed by atoms with E-state index in [0.29, 0.717) is 0 Å². The van der Waals surface area contributed by atoms with Gasteiger partial charge < -0.3 is 5.32 Å². The SMILES string of the molecule is Cc1cc(NCCc2csc(C(C)(C)C)n2)ncn1. The summed E-state index contributed by atoms with van der Waals surface area (Å²) in [5.41, 5.74) is 2.26. The molecular formula is C14H20N4S. The minimum Gasteiger partial charge on any atom is -0.370 e. The number of aromatic nitrogens is 3. The van der Waals surface area contributed by atoms with Gasteiger partial charge in [0.05, 0.1) is 10.7 Å². The lowest BCUT2D eigenvalue weighted by Gasteiger charge is -2.13. The molecule has 19 heavy (non-hydrogen) atoms. The molecule has 2 aromatic heterocycles. The lowest BCUT2D eigenvalue weighted by Crippen LogP contribution is -2.11. The maximum Gasteiger partial charge on any atom is 0.129 e. The Morgan fingerprint density at radius 3 is 2.68 bits per heavy atom. The van der Waals surface area contributed by atoms with Crippen LogP contribution in [0.1, 0.15) is 37.2 Å². The fraction of sp³-hybridized carbons (Fsp3) is 0.500. The molecule has 0 atom stereocenters. The van der Waals surface area contributed by atoms with Crippen molar-refractivity contribution in [3.63, 3.8) is 0 Å². The highest BCUT2D eigenvalue weighted by Crippen LogP contribution is 2.25. The second-order valence-electron chi connectivity index (χ2n) is 5.62. The second kappa shape index (κ2) is 5.65. The third-order valence-corrected chi connectivity index (χ3v) is 4.00. The number of anilines is 1. The highest BCUT2D eigenvalue weighted by Gasteiger charge is 2.17. The number of nitrogens with one attached hydrogen (secondary N) is 1. The highest BCUT2D eigenvalue weighted by atomic mass is 32.1. The quantitative estimate of drug-likeness (QED) is 0.931. The molecule has 2 aromatic rings. The van der Waals surface area contributed by atoms with Crippen LogP contribution in [0.4, 0.5) is 5.82 Å². The van der Waals surface area contributed by atoms with Gasteiger partial charge in [-0.15, -0.1) is 11.3 Å². The van der Waals surface area contributed by atoms with E-state index in [4.69, 9.17) is 0 Å². The van der Waals surface area contributed by atoms with Crippen LogP contribution in [0, 0.1) is 6.92 Å². The number of nitrogens with zero attached hydrogens (tertiary/aromatic N) is 3. The number of hydrogen-bond acceptors (Lipinski definition) is 5. The third kappa shape index (κ3) is 3.99. The zero-order chi connectivity index (χ0) is 13.9. The Morgan fingerprint density at radius 1 is 1.26 bits per heavy atom. The summed E-state index contributed by atoms with van der Waals surface area (Å²) in [7, 11) is 0. The van der Waals surface area contributed by atoms with Crippen molar-refractivity contribution in [3.05, 3.63) is 34.2 Å². The average molecular weight is 276 g/mol. The van der Waals surface area contributed by atoms with Crippen molar-refractivity contribution >= 4 is 17.2 Å². The van der Waals surface area contributed by atoms with E-state index in [-0.39, 0.29) is 5.41 Å². The van der Waals surface area contributed by atoms with Crippen molar-refractivity contribution in [2.24, 2.45) is 0 Å². The first-order chi connectivity index (χ1) is 8.95. The minimum absolute atomic E-state index is 0.139. The Kier molecular flexibility index (Phi) is 4.14. The molecule has 5 heteroatoms. The Hall–Kier alpha value is -1.49. The van der Waals surface area contributed by atoms with E-state index in [1.54, 1.807) is 17.7 Å². The van der Waals surface area contributed by atoms with Crippen LogP contribution in [0.25, 0.3) is 0 Å². The number of thiazole rings is 1. The first kappa shape index (κ1) is 13.9. The largest absolute Gasteiger partial charge is 0.370 e. The van der Waals surface area contributed by atoms with E-state index in [1.165, 1.54) is 5.01 Å². The molecule has 4 nitrogen and oxygen atoms in total. The zero-order valence-corrected chi connectivity index (χ0v) is 12.7. The molecule has 0 unspecified atom stereocenters. The van der Waals surface area contributed by atoms with E-state index >= 15 is 0 Å². The molecule has 0 aliphatic heterocycles. The van der Waals surface area contributed by atoms with E-state index in [2.05, 4.69) is 46.4 Å². The monoisotopic (exact) mass is 276 g/mol. The Balaban J connectivity index is 1.88. The van der Waals surface area contributed by atoms with Gasteiger partial charge in [-0.2, -0.15) is 0 Å². The van der Waals surface area contributed by atoms with Crippen LogP contribution in [0.2, 0.25) is 0 Å². The summed E-state index contributed by atoms with van der Waals surface area (Å²) in [6.45, 7) is 9.37. The van der Waals surface area contributed by atoms with Crippen molar-refractivity contribution in [3.8, 4) is 0 Å². The maximum atomic E-state index is 4.68. The third-order valence-electron chi connectivity index (χ3n) is 2.68. The van der Waals surface area contributed by atoms with Crippen LogP contribution in [0.3, 0.4) is 0 Å². The van der Waals surface area contributed by atoms with Crippen molar-refractivity contribution < 1.29 is 0 Å². The predicted octanol–water partition coefficient (Wildman–Crippen LogP) is 3.19. The molecule has 0 spiro atoms. The fourth-order valence-electron chi connectivity index (χ4n) is 1.64. The summed E-state index contributed by atoms with van der Waals surface area (Å²) in [5.74, 6) is 0.874. The van der Waals surface area contributed by atoms with Gasteiger partial charge in [-0.05, 0) is 6.92 Å². The summed E-state index contributed by atoms with van der Waals surface area (Å²) in [4.78, 5) is 12.9. The Morgan fingerprint density at radius 2 is 2.05 bits per heavy atom. The van der Waals surface area contributed by atoms with Crippen LogP contribution in [-0.4, -0.2) is 21.5 Å². The predicted molar refractivity (Wildman–Crippen MR) is 79.8 cm³/mol. The maximum absolute atomic E-state index is 4.68. The van der Waals surface area contributed by atoms with E-state index in [1.807, 2.05) is 13.0 Å². The molecule has 0 saturated carbocycles. The molecule has 0 bridgehead atoms. The first-order valence-corrected chi connectivity index (χ1v) is 7.30. The van der Waals surface area contributed by atoms with Crippen molar-refractivity contribution in [2.45, 2.75) is 39.5 Å². The molecule has 102 valence electrons. The molecule has 0 aliphatic carbocycles. The van der Waals surface area contributed by atoms with Gasteiger partial charge in [0.25, 0.3) is 0 Å². The molecule has 0 radical (unpaired) electrons. The van der Waals surface area contributed by atoms with Crippen LogP contribution >= 0.6 is 11.3 Å². The summed E-state index contributed by atoms with van der Waals surface area (Å²) >= 11 is 1.74. The van der Waals surface area contributed by atoms with Gasteiger partial charge in [0, 0.05) is 35.5 Å². The van der Waals surface area contributed by atoms with Gasteiger partial charge in [-0.3, -0.25) is 0 Å². The molecule has 0 fully saturated rings. The van der Waals surface area contributed by atoms with Gasteiger partial charge in [-0.1, -0.05) is 20.8 Å². The normalized spacial score (nSPS) is 11.6. The molecule has 0 aromatic carbocycles. The first-order valence-electron chi connectivity index (χ1n) is 6.42. The molecule has 2 rings (SSSR count). The van der Waals surface area contributed by atoms with Crippen molar-refractivity contribution in [1.29, 1.82) is 0 Å². The van der Waals surface area contributed by atoms with Crippen LogP contribution in [-0.2, 0) is 11.8 Å². The van der Waals surface area contributed by atoms with Crippen molar-refractivity contribution in [2.75, 3.05) is 11.9 Å². The van der Waals surface area contributed by atoms with Gasteiger partial charge in [0.15, 0.2) is 0 Å². The standard InChI is InChI=1S/C14H20N4S/c1-10-7-12(17-9-16-10)15-6-5-11-8-19-13(18-11)14(2,3)4/h7-9H,5-6H2,1-4H3,(H,15,16,17). The number of rotatable bonds is 4. The highest BCUT2D eigenvalue weighted by molar-refractivity contribution is 7.09. The second-order valence-corrected chi connectivity index (χ2v) is 6.47.